The summed E-state index contributed by atoms with van der Waals surface area (Å²) in [5.74, 6) is 0.621. The van der Waals surface area contributed by atoms with Gasteiger partial charge in [-0.3, -0.25) is 9.97 Å². The first-order valence-corrected chi connectivity index (χ1v) is 10.2. The molecular formula is C17H17N3O3S2. The summed E-state index contributed by atoms with van der Waals surface area (Å²) < 4.78 is 30.7. The van der Waals surface area contributed by atoms with E-state index < -0.39 is 15.1 Å². The Hall–Kier alpha value is -2.32. The molecule has 2 aromatic heterocycles. The Balaban J connectivity index is 1.64. The molecule has 0 bridgehead atoms. The largest absolute Gasteiger partial charge is 0.486 e. The average Bonchev–Trinajstić information content (AvgIpc) is 3.07. The molecule has 0 aliphatic carbocycles. The van der Waals surface area contributed by atoms with E-state index in [1.165, 1.54) is 29.9 Å². The lowest BCUT2D eigenvalue weighted by molar-refractivity contribution is 0.305. The smallest absolute Gasteiger partial charge is 0.164 e. The van der Waals surface area contributed by atoms with Crippen LogP contribution in [0.25, 0.3) is 0 Å². The van der Waals surface area contributed by atoms with E-state index >= 15 is 0 Å². The second-order valence-electron chi connectivity index (χ2n) is 5.41. The number of hydrogen-bond acceptors (Lipinski definition) is 7. The third-order valence-corrected chi connectivity index (χ3v) is 6.48. The van der Waals surface area contributed by atoms with Crippen LogP contribution in [0.4, 0.5) is 0 Å². The standard InChI is InChI=1S/C17H17N3O3S2/c1-13(16-9-18-7-8-19-16)25(21,22)12-14-11-24-17(20-14)10-23-15-5-3-2-4-6-15/h2-9,11,13H,10,12H2,1H3/t13-/m0/s1. The molecule has 0 spiro atoms. The molecule has 0 saturated carbocycles. The first kappa shape index (κ1) is 17.5. The summed E-state index contributed by atoms with van der Waals surface area (Å²) in [4.78, 5) is 12.4. The van der Waals surface area contributed by atoms with E-state index in [1.807, 2.05) is 30.3 Å². The van der Waals surface area contributed by atoms with E-state index in [0.717, 1.165) is 10.8 Å². The van der Waals surface area contributed by atoms with Crippen molar-refractivity contribution in [3.8, 4) is 5.75 Å². The van der Waals surface area contributed by atoms with Gasteiger partial charge in [0, 0.05) is 24.0 Å². The quantitative estimate of drug-likeness (QED) is 0.631. The number of nitrogens with zero attached hydrogens (tertiary/aromatic N) is 3. The number of rotatable bonds is 7. The lowest BCUT2D eigenvalue weighted by Gasteiger charge is -2.10. The number of thiazole rings is 1. The van der Waals surface area contributed by atoms with Crippen LogP contribution in [0.3, 0.4) is 0 Å². The van der Waals surface area contributed by atoms with Crippen LogP contribution in [0.5, 0.6) is 5.75 Å². The van der Waals surface area contributed by atoms with Gasteiger partial charge in [-0.15, -0.1) is 11.3 Å². The van der Waals surface area contributed by atoms with Crippen molar-refractivity contribution in [2.24, 2.45) is 0 Å². The van der Waals surface area contributed by atoms with Crippen molar-refractivity contribution in [2.75, 3.05) is 0 Å². The van der Waals surface area contributed by atoms with Gasteiger partial charge in [0.2, 0.25) is 0 Å². The maximum absolute atomic E-state index is 12.6. The Kier molecular flexibility index (Phi) is 5.40. The van der Waals surface area contributed by atoms with Crippen molar-refractivity contribution in [1.82, 2.24) is 15.0 Å². The zero-order chi connectivity index (χ0) is 17.7. The van der Waals surface area contributed by atoms with Crippen molar-refractivity contribution in [3.63, 3.8) is 0 Å². The summed E-state index contributed by atoms with van der Waals surface area (Å²) in [6, 6.07) is 9.42. The molecule has 0 aliphatic heterocycles. The van der Waals surface area contributed by atoms with E-state index in [0.29, 0.717) is 18.0 Å². The number of benzene rings is 1. The lowest BCUT2D eigenvalue weighted by Crippen LogP contribution is -2.14. The van der Waals surface area contributed by atoms with E-state index in [4.69, 9.17) is 4.74 Å². The zero-order valence-corrected chi connectivity index (χ0v) is 15.2. The molecular weight excluding hydrogens is 358 g/mol. The van der Waals surface area contributed by atoms with Crippen LogP contribution in [0.15, 0.2) is 54.3 Å². The predicted molar refractivity (Wildman–Crippen MR) is 96.0 cm³/mol. The van der Waals surface area contributed by atoms with Gasteiger partial charge in [-0.05, 0) is 19.1 Å². The summed E-state index contributed by atoms with van der Waals surface area (Å²) in [7, 11) is -3.42. The van der Waals surface area contributed by atoms with E-state index in [-0.39, 0.29) is 5.75 Å². The monoisotopic (exact) mass is 375 g/mol. The Morgan fingerprint density at radius 2 is 2.00 bits per heavy atom. The fourth-order valence-electron chi connectivity index (χ4n) is 2.18. The summed E-state index contributed by atoms with van der Waals surface area (Å²) in [6.45, 7) is 1.93. The third kappa shape index (κ3) is 4.61. The molecule has 6 nitrogen and oxygen atoms in total. The SMILES string of the molecule is C[C@@H](c1cnccn1)S(=O)(=O)Cc1csc(COc2ccccc2)n1. The fourth-order valence-corrected chi connectivity index (χ4v) is 4.29. The summed E-state index contributed by atoms with van der Waals surface area (Å²) in [5, 5.41) is 1.76. The predicted octanol–water partition coefficient (Wildman–Crippen LogP) is 3.19. The minimum atomic E-state index is -3.42. The van der Waals surface area contributed by atoms with Gasteiger partial charge >= 0.3 is 0 Å². The van der Waals surface area contributed by atoms with Gasteiger partial charge < -0.3 is 4.74 Å². The molecule has 1 aromatic carbocycles. The molecule has 0 N–H and O–H groups in total. The highest BCUT2D eigenvalue weighted by Crippen LogP contribution is 2.24. The number of sulfone groups is 1. The highest BCUT2D eigenvalue weighted by molar-refractivity contribution is 7.90. The Labute approximate surface area is 150 Å². The molecule has 0 saturated heterocycles. The van der Waals surface area contributed by atoms with Crippen LogP contribution in [0, 0.1) is 0 Å². The van der Waals surface area contributed by atoms with Gasteiger partial charge in [-0.1, -0.05) is 18.2 Å². The Bertz CT molecular complexity index is 913. The molecule has 0 amide bonds. The van der Waals surface area contributed by atoms with Gasteiger partial charge in [0.15, 0.2) is 9.84 Å². The number of para-hydroxylation sites is 1. The van der Waals surface area contributed by atoms with Gasteiger partial charge in [-0.25, -0.2) is 13.4 Å². The first-order chi connectivity index (χ1) is 12.0. The topological polar surface area (TPSA) is 82.0 Å². The number of ether oxygens (including phenoxy) is 1. The molecule has 8 heteroatoms. The molecule has 0 fully saturated rings. The van der Waals surface area contributed by atoms with Crippen LogP contribution in [-0.4, -0.2) is 23.4 Å². The average molecular weight is 375 g/mol. The van der Waals surface area contributed by atoms with Crippen molar-refractivity contribution >= 4 is 21.2 Å². The number of hydrogen-bond donors (Lipinski definition) is 0. The maximum atomic E-state index is 12.6. The molecule has 0 radical (unpaired) electrons. The minimum absolute atomic E-state index is 0.132. The molecule has 2 heterocycles. The fraction of sp³-hybridized carbons (Fsp3) is 0.235. The van der Waals surface area contributed by atoms with Crippen molar-refractivity contribution < 1.29 is 13.2 Å². The second-order valence-corrected chi connectivity index (χ2v) is 8.68. The van der Waals surface area contributed by atoms with E-state index in [2.05, 4.69) is 15.0 Å². The maximum Gasteiger partial charge on any atom is 0.164 e. The van der Waals surface area contributed by atoms with E-state index in [9.17, 15) is 8.42 Å². The van der Waals surface area contributed by atoms with Crippen LogP contribution in [-0.2, 0) is 22.2 Å². The van der Waals surface area contributed by atoms with Gasteiger partial charge in [-0.2, -0.15) is 0 Å². The molecule has 0 unspecified atom stereocenters. The van der Waals surface area contributed by atoms with Crippen molar-refractivity contribution in [2.45, 2.75) is 24.5 Å². The molecule has 3 aromatic rings. The van der Waals surface area contributed by atoms with Gasteiger partial charge in [0.1, 0.15) is 22.6 Å². The normalized spacial score (nSPS) is 12.7. The summed E-state index contributed by atoms with van der Waals surface area (Å²) in [6.07, 6.45) is 4.48. The van der Waals surface area contributed by atoms with Gasteiger partial charge in [0.05, 0.1) is 17.1 Å². The summed E-state index contributed by atoms with van der Waals surface area (Å²) in [5.41, 5.74) is 0.956. The second kappa shape index (κ2) is 7.71. The Morgan fingerprint density at radius 1 is 1.20 bits per heavy atom. The number of aromatic nitrogens is 3. The highest BCUT2D eigenvalue weighted by Gasteiger charge is 2.25. The van der Waals surface area contributed by atoms with Gasteiger partial charge in [0.25, 0.3) is 0 Å². The van der Waals surface area contributed by atoms with Crippen molar-refractivity contribution in [3.05, 3.63) is 70.7 Å². The summed E-state index contributed by atoms with van der Waals surface area (Å²) >= 11 is 1.39. The Morgan fingerprint density at radius 3 is 2.72 bits per heavy atom. The van der Waals surface area contributed by atoms with Crippen LogP contribution in [0.2, 0.25) is 0 Å². The molecule has 25 heavy (non-hydrogen) atoms. The van der Waals surface area contributed by atoms with Crippen LogP contribution >= 0.6 is 11.3 Å². The van der Waals surface area contributed by atoms with Crippen molar-refractivity contribution in [1.29, 1.82) is 0 Å². The molecule has 1 atom stereocenters. The third-order valence-electron chi connectivity index (χ3n) is 3.59. The van der Waals surface area contributed by atoms with E-state index in [1.54, 1.807) is 12.3 Å². The highest BCUT2D eigenvalue weighted by atomic mass is 32.2. The molecule has 130 valence electrons. The lowest BCUT2D eigenvalue weighted by atomic mass is 10.3. The minimum Gasteiger partial charge on any atom is -0.486 e. The van der Waals surface area contributed by atoms with Crippen LogP contribution in [0.1, 0.15) is 28.6 Å². The van der Waals surface area contributed by atoms with Crippen LogP contribution < -0.4 is 4.74 Å². The first-order valence-electron chi connectivity index (χ1n) is 7.63. The molecule has 3 rings (SSSR count). The molecule has 0 aliphatic rings. The zero-order valence-electron chi connectivity index (χ0n) is 13.6.